The average Bonchev–Trinajstić information content (AvgIpc) is 3.26. The molecule has 0 aromatic heterocycles. The van der Waals surface area contributed by atoms with Crippen molar-refractivity contribution in [2.75, 3.05) is 5.32 Å². The van der Waals surface area contributed by atoms with Crippen LogP contribution in [0.1, 0.15) is 36.8 Å². The third-order valence-electron chi connectivity index (χ3n) is 4.19. The lowest BCUT2D eigenvalue weighted by molar-refractivity contribution is -0.137. The van der Waals surface area contributed by atoms with Gasteiger partial charge in [-0.15, -0.1) is 0 Å². The zero-order chi connectivity index (χ0) is 15.2. The Balaban J connectivity index is 1.88. The number of nitrogens with one attached hydrogen (secondary N) is 1. The van der Waals surface area contributed by atoms with E-state index in [4.69, 9.17) is 18.0 Å². The van der Waals surface area contributed by atoms with E-state index in [0.29, 0.717) is 23.6 Å². The molecular weight excluding hydrogens is 297 g/mol. The summed E-state index contributed by atoms with van der Waals surface area (Å²) >= 11 is 4.92. The maximum absolute atomic E-state index is 12.8. The minimum atomic E-state index is -4.38. The summed E-state index contributed by atoms with van der Waals surface area (Å²) in [5.74, 6) is 1.28. The molecule has 0 unspecified atom stereocenters. The number of alkyl halides is 3. The fraction of sp³-hybridized carbons (Fsp3) is 0.533. The summed E-state index contributed by atoms with van der Waals surface area (Å²) in [4.78, 5) is -0.00561. The monoisotopic (exact) mass is 314 g/mol. The second kappa shape index (κ2) is 5.16. The molecule has 1 aromatic carbocycles. The molecule has 6 heteroatoms. The molecule has 2 aliphatic carbocycles. The summed E-state index contributed by atoms with van der Waals surface area (Å²) in [6.45, 7) is 0. The van der Waals surface area contributed by atoms with Gasteiger partial charge in [0.1, 0.15) is 4.99 Å². The number of anilines is 1. The van der Waals surface area contributed by atoms with Crippen LogP contribution in [0.3, 0.4) is 0 Å². The van der Waals surface area contributed by atoms with Gasteiger partial charge in [0.15, 0.2) is 0 Å². The van der Waals surface area contributed by atoms with Crippen LogP contribution >= 0.6 is 12.2 Å². The number of nitrogens with two attached hydrogens (primary N) is 1. The third kappa shape index (κ3) is 3.31. The first-order valence-corrected chi connectivity index (χ1v) is 7.54. The molecule has 2 saturated carbocycles. The van der Waals surface area contributed by atoms with Crippen molar-refractivity contribution in [3.63, 3.8) is 0 Å². The zero-order valence-corrected chi connectivity index (χ0v) is 12.2. The fourth-order valence-corrected chi connectivity index (χ4v) is 2.93. The van der Waals surface area contributed by atoms with Crippen LogP contribution in [0, 0.1) is 11.8 Å². The lowest BCUT2D eigenvalue weighted by Gasteiger charge is -2.22. The van der Waals surface area contributed by atoms with Gasteiger partial charge in [0.05, 0.1) is 5.56 Å². The second-order valence-corrected chi connectivity index (χ2v) is 6.41. The Morgan fingerprint density at radius 1 is 1.19 bits per heavy atom. The lowest BCUT2D eigenvalue weighted by atomic mass is 10.0. The van der Waals surface area contributed by atoms with Crippen LogP contribution in [-0.2, 0) is 6.18 Å². The zero-order valence-electron chi connectivity index (χ0n) is 11.4. The topological polar surface area (TPSA) is 38.0 Å². The molecule has 0 heterocycles. The van der Waals surface area contributed by atoms with Crippen molar-refractivity contribution < 1.29 is 13.2 Å². The van der Waals surface area contributed by atoms with Gasteiger partial charge in [-0.25, -0.2) is 0 Å². The van der Waals surface area contributed by atoms with Crippen molar-refractivity contribution in [2.24, 2.45) is 17.6 Å². The smallest absolute Gasteiger partial charge is 0.389 e. The number of hydrogen-bond donors (Lipinski definition) is 2. The van der Waals surface area contributed by atoms with E-state index in [2.05, 4.69) is 5.32 Å². The summed E-state index contributed by atoms with van der Waals surface area (Å²) in [7, 11) is 0. The predicted molar refractivity (Wildman–Crippen MR) is 80.2 cm³/mol. The van der Waals surface area contributed by atoms with Gasteiger partial charge in [0.2, 0.25) is 0 Å². The third-order valence-corrected chi connectivity index (χ3v) is 4.41. The standard InChI is InChI=1S/C15H17F3N2S/c16-15(17,18)10-5-6-12(11(7-10)14(19)21)20-13(8-1-2-8)9-3-4-9/h5-9,13,20H,1-4H2,(H2,19,21). The van der Waals surface area contributed by atoms with Gasteiger partial charge < -0.3 is 11.1 Å². The van der Waals surface area contributed by atoms with Crippen LogP contribution in [0.25, 0.3) is 0 Å². The first-order chi connectivity index (χ1) is 9.86. The maximum atomic E-state index is 12.8. The molecule has 3 rings (SSSR count). The van der Waals surface area contributed by atoms with Crippen molar-refractivity contribution in [2.45, 2.75) is 37.9 Å². The van der Waals surface area contributed by atoms with E-state index >= 15 is 0 Å². The minimum absolute atomic E-state index is 0.00561. The molecule has 1 aromatic rings. The van der Waals surface area contributed by atoms with E-state index < -0.39 is 11.7 Å². The molecule has 0 bridgehead atoms. The van der Waals surface area contributed by atoms with E-state index in [-0.39, 0.29) is 10.6 Å². The van der Waals surface area contributed by atoms with Crippen molar-refractivity contribution in [1.29, 1.82) is 0 Å². The summed E-state index contributed by atoms with van der Waals surface area (Å²) < 4.78 is 38.4. The highest BCUT2D eigenvalue weighted by Crippen LogP contribution is 2.46. The molecule has 0 atom stereocenters. The highest BCUT2D eigenvalue weighted by atomic mass is 32.1. The number of hydrogen-bond acceptors (Lipinski definition) is 2. The molecule has 3 N–H and O–H groups in total. The van der Waals surface area contributed by atoms with E-state index in [0.717, 1.165) is 12.1 Å². The Kier molecular flexibility index (Phi) is 3.59. The fourth-order valence-electron chi connectivity index (χ4n) is 2.76. The molecule has 0 saturated heterocycles. The number of halogens is 3. The highest BCUT2D eigenvalue weighted by molar-refractivity contribution is 7.80. The summed E-state index contributed by atoms with van der Waals surface area (Å²) in [5, 5.41) is 3.40. The van der Waals surface area contributed by atoms with Crippen molar-refractivity contribution in [3.8, 4) is 0 Å². The van der Waals surface area contributed by atoms with Crippen molar-refractivity contribution >= 4 is 22.9 Å². The van der Waals surface area contributed by atoms with E-state index in [1.165, 1.54) is 31.7 Å². The number of benzene rings is 1. The summed E-state index contributed by atoms with van der Waals surface area (Å²) in [5.41, 5.74) is 5.80. The Morgan fingerprint density at radius 2 is 1.76 bits per heavy atom. The highest BCUT2D eigenvalue weighted by Gasteiger charge is 2.41. The van der Waals surface area contributed by atoms with Crippen LogP contribution in [-0.4, -0.2) is 11.0 Å². The van der Waals surface area contributed by atoms with Gasteiger partial charge in [-0.1, -0.05) is 12.2 Å². The van der Waals surface area contributed by atoms with E-state index in [1.54, 1.807) is 0 Å². The summed E-state index contributed by atoms with van der Waals surface area (Å²) in [6.07, 6.45) is 0.382. The van der Waals surface area contributed by atoms with E-state index in [9.17, 15) is 13.2 Å². The maximum Gasteiger partial charge on any atom is 0.416 e. The van der Waals surface area contributed by atoms with Gasteiger partial charge in [-0.05, 0) is 55.7 Å². The summed E-state index contributed by atoms with van der Waals surface area (Å²) in [6, 6.07) is 3.92. The quantitative estimate of drug-likeness (QED) is 0.809. The van der Waals surface area contributed by atoms with Crippen LogP contribution in [0.15, 0.2) is 18.2 Å². The first kappa shape index (κ1) is 14.6. The Labute approximate surface area is 126 Å². The molecule has 0 aliphatic heterocycles. The Morgan fingerprint density at radius 3 is 2.19 bits per heavy atom. The Hall–Kier alpha value is -1.30. The Bertz CT molecular complexity index is 551. The average molecular weight is 314 g/mol. The molecule has 2 nitrogen and oxygen atoms in total. The SMILES string of the molecule is NC(=S)c1cc(C(F)(F)F)ccc1NC(C1CC1)C1CC1. The minimum Gasteiger partial charge on any atom is -0.389 e. The van der Waals surface area contributed by atoms with Crippen molar-refractivity contribution in [1.82, 2.24) is 0 Å². The van der Waals surface area contributed by atoms with Gasteiger partial charge in [0, 0.05) is 17.3 Å². The van der Waals surface area contributed by atoms with E-state index in [1.807, 2.05) is 0 Å². The molecule has 0 amide bonds. The van der Waals surface area contributed by atoms with Crippen LogP contribution in [0.2, 0.25) is 0 Å². The molecule has 21 heavy (non-hydrogen) atoms. The molecule has 0 radical (unpaired) electrons. The van der Waals surface area contributed by atoms with Gasteiger partial charge in [-0.3, -0.25) is 0 Å². The van der Waals surface area contributed by atoms with Crippen LogP contribution in [0.5, 0.6) is 0 Å². The van der Waals surface area contributed by atoms with Crippen molar-refractivity contribution in [3.05, 3.63) is 29.3 Å². The largest absolute Gasteiger partial charge is 0.416 e. The van der Waals surface area contributed by atoms with Gasteiger partial charge >= 0.3 is 6.18 Å². The van der Waals surface area contributed by atoms with Gasteiger partial charge in [-0.2, -0.15) is 13.2 Å². The predicted octanol–water partition coefficient (Wildman–Crippen LogP) is 3.94. The molecule has 114 valence electrons. The molecule has 2 aliphatic rings. The van der Waals surface area contributed by atoms with Crippen LogP contribution in [0.4, 0.5) is 18.9 Å². The molecule has 0 spiro atoms. The second-order valence-electron chi connectivity index (χ2n) is 5.97. The first-order valence-electron chi connectivity index (χ1n) is 7.14. The number of thiocarbonyl (C=S) groups is 1. The van der Waals surface area contributed by atoms with Crippen LogP contribution < -0.4 is 11.1 Å². The number of rotatable bonds is 5. The molecule has 2 fully saturated rings. The van der Waals surface area contributed by atoms with Gasteiger partial charge in [0.25, 0.3) is 0 Å². The molecular formula is C15H17F3N2S. The normalized spacial score (nSPS) is 18.9. The lowest BCUT2D eigenvalue weighted by Crippen LogP contribution is -2.26.